The van der Waals surface area contributed by atoms with Crippen molar-refractivity contribution in [3.63, 3.8) is 0 Å². The molecule has 2 atom stereocenters. The zero-order chi connectivity index (χ0) is 21.5. The molecule has 6 heteroatoms. The van der Waals surface area contributed by atoms with E-state index in [4.69, 9.17) is 4.74 Å². The normalized spacial score (nSPS) is 18.8. The van der Waals surface area contributed by atoms with Gasteiger partial charge in [0.25, 0.3) is 5.91 Å². The van der Waals surface area contributed by atoms with Crippen LogP contribution in [0.4, 0.5) is 4.39 Å². The Morgan fingerprint density at radius 1 is 1.10 bits per heavy atom. The number of nitrogens with zero attached hydrogens (tertiary/aromatic N) is 1. The van der Waals surface area contributed by atoms with Crippen molar-refractivity contribution in [3.05, 3.63) is 71.0 Å². The maximum absolute atomic E-state index is 13.3. The monoisotopic (exact) mass is 412 g/mol. The number of amides is 2. The molecular weight excluding hydrogens is 383 g/mol. The maximum Gasteiger partial charge on any atom is 0.253 e. The van der Waals surface area contributed by atoms with E-state index in [2.05, 4.69) is 36.5 Å². The third-order valence-corrected chi connectivity index (χ3v) is 5.66. The van der Waals surface area contributed by atoms with Crippen molar-refractivity contribution in [2.45, 2.75) is 25.7 Å². The van der Waals surface area contributed by atoms with Gasteiger partial charge in [-0.15, -0.1) is 0 Å². The highest BCUT2D eigenvalue weighted by atomic mass is 19.1. The van der Waals surface area contributed by atoms with Crippen molar-refractivity contribution in [2.24, 2.45) is 5.92 Å². The van der Waals surface area contributed by atoms with E-state index in [0.29, 0.717) is 38.2 Å². The van der Waals surface area contributed by atoms with Crippen LogP contribution in [0.25, 0.3) is 0 Å². The average Bonchev–Trinajstić information content (AvgIpc) is 2.79. The number of aryl methyl sites for hydroxylation is 1. The van der Waals surface area contributed by atoms with Gasteiger partial charge in [0.2, 0.25) is 5.91 Å². The lowest BCUT2D eigenvalue weighted by atomic mass is 9.83. The number of halogens is 1. The standard InChI is InChI=1S/C24H29FN2O3/c1-3-17-4-6-18(7-5-17)20-14-21(23(28)26-12-13-30-2)16-27(15-20)24(29)19-8-10-22(25)11-9-19/h4-11,20-21H,3,12-16H2,1-2H3,(H,26,28)/t20-,21+/m0/s1. The van der Waals surface area contributed by atoms with Crippen molar-refractivity contribution >= 4 is 11.8 Å². The quantitative estimate of drug-likeness (QED) is 0.709. The SMILES string of the molecule is CCc1ccc([C@H]2C[C@@H](C(=O)NCCOC)CN(C(=O)c3ccc(F)cc3)C2)cc1. The predicted molar refractivity (Wildman–Crippen MR) is 114 cm³/mol. The average molecular weight is 413 g/mol. The minimum absolute atomic E-state index is 0.0622. The zero-order valence-corrected chi connectivity index (χ0v) is 17.6. The van der Waals surface area contributed by atoms with Gasteiger partial charge in [0.05, 0.1) is 12.5 Å². The van der Waals surface area contributed by atoms with Crippen LogP contribution < -0.4 is 5.32 Å². The molecule has 1 aliphatic heterocycles. The number of hydrogen-bond donors (Lipinski definition) is 1. The van der Waals surface area contributed by atoms with E-state index in [0.717, 1.165) is 12.0 Å². The first kappa shape index (κ1) is 22.0. The van der Waals surface area contributed by atoms with Crippen molar-refractivity contribution in [3.8, 4) is 0 Å². The van der Waals surface area contributed by atoms with Gasteiger partial charge in [0.1, 0.15) is 5.82 Å². The van der Waals surface area contributed by atoms with Crippen LogP contribution in [0, 0.1) is 11.7 Å². The molecule has 0 aromatic heterocycles. The summed E-state index contributed by atoms with van der Waals surface area (Å²) in [6, 6.07) is 13.9. The summed E-state index contributed by atoms with van der Waals surface area (Å²) in [4.78, 5) is 27.5. The molecule has 30 heavy (non-hydrogen) atoms. The summed E-state index contributed by atoms with van der Waals surface area (Å²) in [7, 11) is 1.59. The van der Waals surface area contributed by atoms with E-state index in [9.17, 15) is 14.0 Å². The number of carbonyl (C=O) groups excluding carboxylic acids is 2. The Morgan fingerprint density at radius 2 is 1.80 bits per heavy atom. The van der Waals surface area contributed by atoms with Gasteiger partial charge in [-0.25, -0.2) is 4.39 Å². The predicted octanol–water partition coefficient (Wildman–Crippen LogP) is 3.40. The van der Waals surface area contributed by atoms with Gasteiger partial charge in [-0.05, 0) is 48.2 Å². The molecule has 0 saturated carbocycles. The number of benzene rings is 2. The molecule has 2 aromatic rings. The number of carbonyl (C=O) groups is 2. The summed E-state index contributed by atoms with van der Waals surface area (Å²) < 4.78 is 18.3. The summed E-state index contributed by atoms with van der Waals surface area (Å²) in [5, 5.41) is 2.90. The van der Waals surface area contributed by atoms with Crippen LogP contribution in [-0.2, 0) is 16.0 Å². The Labute approximate surface area is 177 Å². The first-order chi connectivity index (χ1) is 14.5. The molecule has 2 aromatic carbocycles. The lowest BCUT2D eigenvalue weighted by Gasteiger charge is -2.37. The Morgan fingerprint density at radius 3 is 2.43 bits per heavy atom. The van der Waals surface area contributed by atoms with E-state index in [1.165, 1.54) is 29.8 Å². The summed E-state index contributed by atoms with van der Waals surface area (Å²) in [5.41, 5.74) is 2.80. The zero-order valence-electron chi connectivity index (χ0n) is 17.6. The lowest BCUT2D eigenvalue weighted by Crippen LogP contribution is -2.48. The Kier molecular flexibility index (Phi) is 7.57. The molecule has 0 aliphatic carbocycles. The van der Waals surface area contributed by atoms with E-state index >= 15 is 0 Å². The number of methoxy groups -OCH3 is 1. The first-order valence-corrected chi connectivity index (χ1v) is 10.4. The first-order valence-electron chi connectivity index (χ1n) is 10.4. The molecule has 0 bridgehead atoms. The van der Waals surface area contributed by atoms with E-state index < -0.39 is 0 Å². The molecule has 5 nitrogen and oxygen atoms in total. The van der Waals surface area contributed by atoms with E-state index in [1.807, 2.05) is 0 Å². The fourth-order valence-corrected chi connectivity index (χ4v) is 3.92. The number of nitrogens with one attached hydrogen (secondary N) is 1. The largest absolute Gasteiger partial charge is 0.383 e. The third kappa shape index (κ3) is 5.45. The maximum atomic E-state index is 13.3. The number of rotatable bonds is 7. The van der Waals surface area contributed by atoms with Gasteiger partial charge in [0, 0.05) is 38.2 Å². The highest BCUT2D eigenvalue weighted by Crippen LogP contribution is 2.31. The highest BCUT2D eigenvalue weighted by molar-refractivity contribution is 5.94. The van der Waals surface area contributed by atoms with Crippen molar-refractivity contribution in [1.29, 1.82) is 0 Å². The Balaban J connectivity index is 1.81. The summed E-state index contributed by atoms with van der Waals surface area (Å²) in [5.74, 6) is -0.879. The van der Waals surface area contributed by atoms with Crippen molar-refractivity contribution in [2.75, 3.05) is 33.4 Å². The van der Waals surface area contributed by atoms with Crippen LogP contribution in [-0.4, -0.2) is 50.1 Å². The second-order valence-electron chi connectivity index (χ2n) is 7.73. The van der Waals surface area contributed by atoms with Crippen molar-refractivity contribution < 1.29 is 18.7 Å². The van der Waals surface area contributed by atoms with Crippen molar-refractivity contribution in [1.82, 2.24) is 10.2 Å². The lowest BCUT2D eigenvalue weighted by molar-refractivity contribution is -0.126. The smallest absolute Gasteiger partial charge is 0.253 e. The molecular formula is C24H29FN2O3. The summed E-state index contributed by atoms with van der Waals surface area (Å²) >= 11 is 0. The molecule has 1 fully saturated rings. The van der Waals surface area contributed by atoms with E-state index in [1.54, 1.807) is 12.0 Å². The number of piperidine rings is 1. The molecule has 160 valence electrons. The second-order valence-corrected chi connectivity index (χ2v) is 7.73. The third-order valence-electron chi connectivity index (χ3n) is 5.66. The van der Waals surface area contributed by atoms with Crippen LogP contribution in [0.2, 0.25) is 0 Å². The number of hydrogen-bond acceptors (Lipinski definition) is 3. The molecule has 0 unspecified atom stereocenters. The highest BCUT2D eigenvalue weighted by Gasteiger charge is 2.34. The molecule has 0 spiro atoms. The molecule has 0 radical (unpaired) electrons. The number of likely N-dealkylation sites (tertiary alicyclic amines) is 1. The molecule has 1 aliphatic rings. The molecule has 1 saturated heterocycles. The van der Waals surface area contributed by atoms with Crippen LogP contribution >= 0.6 is 0 Å². The van der Waals surface area contributed by atoms with Gasteiger partial charge in [-0.2, -0.15) is 0 Å². The minimum atomic E-state index is -0.380. The van der Waals surface area contributed by atoms with Crippen LogP contribution in [0.1, 0.15) is 40.7 Å². The molecule has 1 heterocycles. The topological polar surface area (TPSA) is 58.6 Å². The van der Waals surface area contributed by atoms with Crippen LogP contribution in [0.15, 0.2) is 48.5 Å². The van der Waals surface area contributed by atoms with Gasteiger partial charge in [-0.3, -0.25) is 9.59 Å². The second kappa shape index (κ2) is 10.3. The Bertz CT molecular complexity index is 852. The molecule has 2 amide bonds. The number of ether oxygens (including phenoxy) is 1. The van der Waals surface area contributed by atoms with Crippen LogP contribution in [0.3, 0.4) is 0 Å². The molecule has 3 rings (SSSR count). The minimum Gasteiger partial charge on any atom is -0.383 e. The fraction of sp³-hybridized carbons (Fsp3) is 0.417. The van der Waals surface area contributed by atoms with Gasteiger partial charge in [-0.1, -0.05) is 31.2 Å². The van der Waals surface area contributed by atoms with E-state index in [-0.39, 0.29) is 29.5 Å². The summed E-state index contributed by atoms with van der Waals surface area (Å²) in [6.07, 6.45) is 1.64. The molecule has 1 N–H and O–H groups in total. The van der Waals surface area contributed by atoms with Gasteiger partial charge >= 0.3 is 0 Å². The van der Waals surface area contributed by atoms with Crippen LogP contribution in [0.5, 0.6) is 0 Å². The van der Waals surface area contributed by atoms with Gasteiger partial charge < -0.3 is 15.0 Å². The fourth-order valence-electron chi connectivity index (χ4n) is 3.92. The Hall–Kier alpha value is -2.73. The summed E-state index contributed by atoms with van der Waals surface area (Å²) in [6.45, 7) is 3.87. The van der Waals surface area contributed by atoms with Gasteiger partial charge in [0.15, 0.2) is 0 Å².